The van der Waals surface area contributed by atoms with E-state index in [4.69, 9.17) is 9.47 Å². The van der Waals surface area contributed by atoms with Crippen LogP contribution >= 0.6 is 0 Å². The Bertz CT molecular complexity index is 365. The molecule has 0 spiro atoms. The first kappa shape index (κ1) is 9.83. The van der Waals surface area contributed by atoms with Crippen molar-refractivity contribution < 1.29 is 14.3 Å². The van der Waals surface area contributed by atoms with Gasteiger partial charge in [-0.1, -0.05) is 12.1 Å². The van der Waals surface area contributed by atoms with E-state index in [0.717, 1.165) is 17.7 Å². The van der Waals surface area contributed by atoms with Crippen LogP contribution in [0.15, 0.2) is 24.3 Å². The number of carbonyl (C=O) groups excluding carboxylic acids is 1. The third-order valence-electron chi connectivity index (χ3n) is 2.39. The summed E-state index contributed by atoms with van der Waals surface area (Å²) in [7, 11) is 1.62. The smallest absolute Gasteiger partial charge is 0.407 e. The molecule has 0 aromatic heterocycles. The van der Waals surface area contributed by atoms with Crippen LogP contribution in [0.25, 0.3) is 0 Å². The molecule has 1 atom stereocenters. The lowest BCUT2D eigenvalue weighted by Crippen LogP contribution is -2.33. The Hall–Kier alpha value is -1.71. The van der Waals surface area contributed by atoms with Gasteiger partial charge in [-0.15, -0.1) is 0 Å². The van der Waals surface area contributed by atoms with E-state index in [1.54, 1.807) is 7.11 Å². The number of rotatable bonds is 2. The maximum absolute atomic E-state index is 11.0. The lowest BCUT2D eigenvalue weighted by atomic mass is 10.1. The Morgan fingerprint density at radius 2 is 2.40 bits per heavy atom. The number of amides is 1. The SMILES string of the molecule is COc1cccc(C2CCNC(=O)O2)c1. The van der Waals surface area contributed by atoms with Gasteiger partial charge in [0.1, 0.15) is 11.9 Å². The van der Waals surface area contributed by atoms with Crippen molar-refractivity contribution >= 4 is 6.09 Å². The second-order valence-corrected chi connectivity index (χ2v) is 3.39. The van der Waals surface area contributed by atoms with Gasteiger partial charge in [-0.3, -0.25) is 0 Å². The summed E-state index contributed by atoms with van der Waals surface area (Å²) in [5, 5.41) is 2.62. The zero-order valence-electron chi connectivity index (χ0n) is 8.53. The summed E-state index contributed by atoms with van der Waals surface area (Å²) in [6.07, 6.45) is 0.279. The van der Waals surface area contributed by atoms with E-state index < -0.39 is 0 Å². The number of cyclic esters (lactones) is 1. The average Bonchev–Trinajstić information content (AvgIpc) is 2.29. The van der Waals surface area contributed by atoms with E-state index in [9.17, 15) is 4.79 Å². The molecule has 4 nitrogen and oxygen atoms in total. The van der Waals surface area contributed by atoms with Crippen LogP contribution in [0.3, 0.4) is 0 Å². The van der Waals surface area contributed by atoms with Crippen LogP contribution in [0, 0.1) is 0 Å². The minimum absolute atomic E-state index is 0.158. The molecule has 2 rings (SSSR count). The van der Waals surface area contributed by atoms with Crippen LogP contribution in [0.5, 0.6) is 5.75 Å². The molecule has 1 fully saturated rings. The van der Waals surface area contributed by atoms with E-state index in [-0.39, 0.29) is 12.2 Å². The van der Waals surface area contributed by atoms with Gasteiger partial charge in [0.2, 0.25) is 0 Å². The molecule has 1 saturated heterocycles. The van der Waals surface area contributed by atoms with E-state index in [1.165, 1.54) is 0 Å². The highest BCUT2D eigenvalue weighted by atomic mass is 16.6. The third-order valence-corrected chi connectivity index (χ3v) is 2.39. The Labute approximate surface area is 88.2 Å². The predicted octanol–water partition coefficient (Wildman–Crippen LogP) is 1.87. The van der Waals surface area contributed by atoms with Crippen LogP contribution in [0.4, 0.5) is 4.79 Å². The average molecular weight is 207 g/mol. The summed E-state index contributed by atoms with van der Waals surface area (Å²) in [4.78, 5) is 11.0. The fraction of sp³-hybridized carbons (Fsp3) is 0.364. The summed E-state index contributed by atoms with van der Waals surface area (Å²) >= 11 is 0. The standard InChI is InChI=1S/C11H13NO3/c1-14-9-4-2-3-8(7-9)10-5-6-12-11(13)15-10/h2-4,7,10H,5-6H2,1H3,(H,12,13). The van der Waals surface area contributed by atoms with Crippen LogP contribution < -0.4 is 10.1 Å². The van der Waals surface area contributed by atoms with Crippen LogP contribution in [-0.4, -0.2) is 19.7 Å². The fourth-order valence-electron chi connectivity index (χ4n) is 1.61. The Morgan fingerprint density at radius 3 is 3.13 bits per heavy atom. The molecule has 4 heteroatoms. The molecule has 15 heavy (non-hydrogen) atoms. The normalized spacial score (nSPS) is 20.3. The number of carbonyl (C=O) groups is 1. The fourth-order valence-corrected chi connectivity index (χ4v) is 1.61. The van der Waals surface area contributed by atoms with Crippen molar-refractivity contribution in [2.45, 2.75) is 12.5 Å². The molecule has 1 unspecified atom stereocenters. The maximum Gasteiger partial charge on any atom is 0.407 e. The van der Waals surface area contributed by atoms with Gasteiger partial charge in [0.05, 0.1) is 7.11 Å². The summed E-state index contributed by atoms with van der Waals surface area (Å²) in [6, 6.07) is 7.59. The molecule has 0 aliphatic carbocycles. The number of nitrogens with one attached hydrogen (secondary N) is 1. The molecule has 0 saturated carbocycles. The largest absolute Gasteiger partial charge is 0.497 e. The van der Waals surface area contributed by atoms with Crippen LogP contribution in [0.2, 0.25) is 0 Å². The number of methoxy groups -OCH3 is 1. The van der Waals surface area contributed by atoms with Gasteiger partial charge < -0.3 is 14.8 Å². The second-order valence-electron chi connectivity index (χ2n) is 3.39. The molecule has 1 aromatic rings. The van der Waals surface area contributed by atoms with Crippen molar-refractivity contribution in [3.63, 3.8) is 0 Å². The molecular formula is C11H13NO3. The molecule has 1 N–H and O–H groups in total. The first-order valence-corrected chi connectivity index (χ1v) is 4.88. The number of ether oxygens (including phenoxy) is 2. The lowest BCUT2D eigenvalue weighted by molar-refractivity contribution is 0.0737. The molecule has 1 aliphatic rings. The van der Waals surface area contributed by atoms with E-state index >= 15 is 0 Å². The maximum atomic E-state index is 11.0. The minimum Gasteiger partial charge on any atom is -0.497 e. The summed E-state index contributed by atoms with van der Waals surface area (Å²) in [6.45, 7) is 0.653. The molecule has 0 radical (unpaired) electrons. The third kappa shape index (κ3) is 2.21. The Balaban J connectivity index is 2.17. The number of benzene rings is 1. The minimum atomic E-state index is -0.353. The highest BCUT2D eigenvalue weighted by Crippen LogP contribution is 2.26. The number of alkyl carbamates (subject to hydrolysis) is 1. The van der Waals surface area contributed by atoms with Gasteiger partial charge in [0.15, 0.2) is 0 Å². The monoisotopic (exact) mass is 207 g/mol. The number of hydrogen-bond acceptors (Lipinski definition) is 3. The first-order chi connectivity index (χ1) is 7.29. The topological polar surface area (TPSA) is 47.6 Å². The molecule has 1 aliphatic heterocycles. The van der Waals surface area contributed by atoms with Crippen molar-refractivity contribution in [1.29, 1.82) is 0 Å². The van der Waals surface area contributed by atoms with Crippen molar-refractivity contribution in [1.82, 2.24) is 5.32 Å². The highest BCUT2D eigenvalue weighted by Gasteiger charge is 2.21. The molecule has 1 aromatic carbocycles. The van der Waals surface area contributed by atoms with Crippen molar-refractivity contribution in [3.8, 4) is 5.75 Å². The van der Waals surface area contributed by atoms with Crippen LogP contribution in [-0.2, 0) is 4.74 Å². The molecule has 1 heterocycles. The van der Waals surface area contributed by atoms with Gasteiger partial charge in [-0.05, 0) is 17.7 Å². The van der Waals surface area contributed by atoms with Gasteiger partial charge in [-0.25, -0.2) is 4.79 Å². The molecule has 0 bridgehead atoms. The second kappa shape index (κ2) is 4.21. The highest BCUT2D eigenvalue weighted by molar-refractivity contribution is 5.68. The number of hydrogen-bond donors (Lipinski definition) is 1. The summed E-state index contributed by atoms with van der Waals surface area (Å²) in [5.41, 5.74) is 0.976. The van der Waals surface area contributed by atoms with Gasteiger partial charge >= 0.3 is 6.09 Å². The summed E-state index contributed by atoms with van der Waals surface area (Å²) in [5.74, 6) is 0.780. The van der Waals surface area contributed by atoms with Crippen LogP contribution in [0.1, 0.15) is 18.1 Å². The van der Waals surface area contributed by atoms with Gasteiger partial charge in [0.25, 0.3) is 0 Å². The predicted molar refractivity (Wildman–Crippen MR) is 54.8 cm³/mol. The van der Waals surface area contributed by atoms with Crippen molar-refractivity contribution in [2.24, 2.45) is 0 Å². The van der Waals surface area contributed by atoms with E-state index in [1.807, 2.05) is 24.3 Å². The van der Waals surface area contributed by atoms with Crippen molar-refractivity contribution in [3.05, 3.63) is 29.8 Å². The Morgan fingerprint density at radius 1 is 1.53 bits per heavy atom. The van der Waals surface area contributed by atoms with Gasteiger partial charge in [-0.2, -0.15) is 0 Å². The van der Waals surface area contributed by atoms with E-state index in [2.05, 4.69) is 5.32 Å². The zero-order chi connectivity index (χ0) is 10.7. The lowest BCUT2D eigenvalue weighted by Gasteiger charge is -2.23. The zero-order valence-corrected chi connectivity index (χ0v) is 8.53. The van der Waals surface area contributed by atoms with Crippen molar-refractivity contribution in [2.75, 3.05) is 13.7 Å². The molecular weight excluding hydrogens is 194 g/mol. The molecule has 1 amide bonds. The Kier molecular flexibility index (Phi) is 2.76. The first-order valence-electron chi connectivity index (χ1n) is 4.88. The summed E-state index contributed by atoms with van der Waals surface area (Å²) < 4.78 is 10.3. The quantitative estimate of drug-likeness (QED) is 0.805. The van der Waals surface area contributed by atoms with E-state index in [0.29, 0.717) is 6.54 Å². The van der Waals surface area contributed by atoms with Gasteiger partial charge in [0, 0.05) is 13.0 Å². The molecule has 80 valence electrons.